The highest BCUT2D eigenvalue weighted by atomic mass is 16.4. The molecule has 0 aromatic rings. The highest BCUT2D eigenvalue weighted by Crippen LogP contribution is 2.60. The maximum Gasteiger partial charge on any atom is 0.323 e. The van der Waals surface area contributed by atoms with Gasteiger partial charge in [-0.25, -0.2) is 0 Å². The smallest absolute Gasteiger partial charge is 0.323 e. The average Bonchev–Trinajstić information content (AvgIpc) is 3.17. The molecule has 4 nitrogen and oxygen atoms in total. The van der Waals surface area contributed by atoms with Crippen molar-refractivity contribution in [2.45, 2.75) is 57.4 Å². The third kappa shape index (κ3) is 1.95. The van der Waals surface area contributed by atoms with Crippen molar-refractivity contribution >= 4 is 11.9 Å². The standard InChI is InChI=1S/C16H23NO3/c18-14(19)9-17(13-1-2-13)15(20)16-6-10-3-11(7-16)5-12(4-10)8-16/h10-13H,1-9H2,(H,18,19). The van der Waals surface area contributed by atoms with Crippen LogP contribution in [0.15, 0.2) is 0 Å². The first kappa shape index (κ1) is 12.7. The number of carbonyl (C=O) groups excluding carboxylic acids is 1. The van der Waals surface area contributed by atoms with E-state index in [4.69, 9.17) is 5.11 Å². The molecule has 4 heteroatoms. The molecule has 5 rings (SSSR count). The van der Waals surface area contributed by atoms with Crippen LogP contribution in [0.3, 0.4) is 0 Å². The fourth-order valence-corrected chi connectivity index (χ4v) is 5.58. The summed E-state index contributed by atoms with van der Waals surface area (Å²) in [5.74, 6) is 1.51. The van der Waals surface area contributed by atoms with E-state index in [0.717, 1.165) is 49.9 Å². The quantitative estimate of drug-likeness (QED) is 0.857. The summed E-state index contributed by atoms with van der Waals surface area (Å²) in [5, 5.41) is 9.10. The maximum atomic E-state index is 13.1. The van der Waals surface area contributed by atoms with E-state index in [-0.39, 0.29) is 23.9 Å². The number of hydrogen-bond donors (Lipinski definition) is 1. The Balaban J connectivity index is 1.58. The fourth-order valence-electron chi connectivity index (χ4n) is 5.58. The molecule has 0 aromatic carbocycles. The molecule has 5 aliphatic rings. The molecule has 20 heavy (non-hydrogen) atoms. The Bertz CT molecular complexity index is 419. The van der Waals surface area contributed by atoms with E-state index in [0.29, 0.717) is 0 Å². The molecular formula is C16H23NO3. The summed E-state index contributed by atoms with van der Waals surface area (Å²) in [5.41, 5.74) is -0.188. The van der Waals surface area contributed by atoms with Crippen LogP contribution in [0.4, 0.5) is 0 Å². The number of carboxylic acids is 1. The van der Waals surface area contributed by atoms with Gasteiger partial charge in [-0.1, -0.05) is 0 Å². The summed E-state index contributed by atoms with van der Waals surface area (Å²) >= 11 is 0. The number of amides is 1. The van der Waals surface area contributed by atoms with Crippen molar-refractivity contribution in [2.75, 3.05) is 6.54 Å². The third-order valence-electron chi connectivity index (χ3n) is 6.05. The van der Waals surface area contributed by atoms with Crippen molar-refractivity contribution in [2.24, 2.45) is 23.2 Å². The number of aliphatic carboxylic acids is 1. The van der Waals surface area contributed by atoms with Gasteiger partial charge in [0.15, 0.2) is 0 Å². The molecule has 5 saturated carbocycles. The zero-order valence-corrected chi connectivity index (χ0v) is 11.9. The molecule has 0 radical (unpaired) electrons. The van der Waals surface area contributed by atoms with Crippen LogP contribution < -0.4 is 0 Å². The number of carboxylic acid groups (broad SMARTS) is 1. The molecule has 0 unspecified atom stereocenters. The summed E-state index contributed by atoms with van der Waals surface area (Å²) in [4.78, 5) is 25.9. The molecular weight excluding hydrogens is 254 g/mol. The van der Waals surface area contributed by atoms with Gasteiger partial charge in [-0.2, -0.15) is 0 Å². The largest absolute Gasteiger partial charge is 0.480 e. The van der Waals surface area contributed by atoms with Gasteiger partial charge in [0.2, 0.25) is 5.91 Å². The van der Waals surface area contributed by atoms with Gasteiger partial charge in [-0.3, -0.25) is 9.59 Å². The first-order chi connectivity index (χ1) is 9.56. The molecule has 1 amide bonds. The summed E-state index contributed by atoms with van der Waals surface area (Å²) in [7, 11) is 0. The molecule has 1 N–H and O–H groups in total. The molecule has 0 saturated heterocycles. The van der Waals surface area contributed by atoms with Crippen molar-refractivity contribution in [1.29, 1.82) is 0 Å². The Morgan fingerprint density at radius 2 is 1.50 bits per heavy atom. The molecule has 4 bridgehead atoms. The molecule has 110 valence electrons. The van der Waals surface area contributed by atoms with Crippen LogP contribution in [0.2, 0.25) is 0 Å². The molecule has 5 fully saturated rings. The Kier molecular flexibility index (Phi) is 2.67. The second-order valence-electron chi connectivity index (χ2n) is 7.76. The highest BCUT2D eigenvalue weighted by molar-refractivity contribution is 5.87. The van der Waals surface area contributed by atoms with Gasteiger partial charge in [0, 0.05) is 6.04 Å². The van der Waals surface area contributed by atoms with Gasteiger partial charge < -0.3 is 10.0 Å². The van der Waals surface area contributed by atoms with Gasteiger partial charge >= 0.3 is 5.97 Å². The second-order valence-corrected chi connectivity index (χ2v) is 7.76. The van der Waals surface area contributed by atoms with Crippen LogP contribution in [-0.2, 0) is 9.59 Å². The lowest BCUT2D eigenvalue weighted by Crippen LogP contribution is -2.55. The van der Waals surface area contributed by atoms with Crippen molar-refractivity contribution in [1.82, 2.24) is 4.90 Å². The van der Waals surface area contributed by atoms with Crippen molar-refractivity contribution in [3.8, 4) is 0 Å². The Morgan fingerprint density at radius 1 is 1.00 bits per heavy atom. The highest BCUT2D eigenvalue weighted by Gasteiger charge is 2.56. The summed E-state index contributed by atoms with van der Waals surface area (Å²) in [6, 6.07) is 0.214. The van der Waals surface area contributed by atoms with Crippen LogP contribution in [0.25, 0.3) is 0 Å². The van der Waals surface area contributed by atoms with Crippen molar-refractivity contribution in [3.05, 3.63) is 0 Å². The van der Waals surface area contributed by atoms with E-state index in [9.17, 15) is 9.59 Å². The van der Waals surface area contributed by atoms with Crippen molar-refractivity contribution < 1.29 is 14.7 Å². The summed E-state index contributed by atoms with van der Waals surface area (Å²) < 4.78 is 0. The SMILES string of the molecule is O=C(O)CN(C(=O)C12CC3CC(CC(C3)C1)C2)C1CC1. The third-order valence-corrected chi connectivity index (χ3v) is 6.05. The van der Waals surface area contributed by atoms with E-state index in [1.165, 1.54) is 19.3 Å². The lowest BCUT2D eigenvalue weighted by molar-refractivity contribution is -0.162. The Morgan fingerprint density at radius 3 is 1.90 bits per heavy atom. The normalized spacial score (nSPS) is 41.7. The predicted molar refractivity (Wildman–Crippen MR) is 73.0 cm³/mol. The van der Waals surface area contributed by atoms with E-state index < -0.39 is 5.97 Å². The van der Waals surface area contributed by atoms with Crippen LogP contribution in [0, 0.1) is 23.2 Å². The topological polar surface area (TPSA) is 57.6 Å². The Labute approximate surface area is 119 Å². The maximum absolute atomic E-state index is 13.1. The van der Waals surface area contributed by atoms with E-state index in [2.05, 4.69) is 0 Å². The number of carbonyl (C=O) groups is 2. The molecule has 0 aliphatic heterocycles. The first-order valence-corrected chi connectivity index (χ1v) is 8.08. The first-order valence-electron chi connectivity index (χ1n) is 8.08. The van der Waals surface area contributed by atoms with Gasteiger partial charge in [-0.15, -0.1) is 0 Å². The van der Waals surface area contributed by atoms with Crippen LogP contribution in [0.5, 0.6) is 0 Å². The van der Waals surface area contributed by atoms with E-state index >= 15 is 0 Å². The average molecular weight is 277 g/mol. The van der Waals surface area contributed by atoms with Gasteiger partial charge in [0.1, 0.15) is 6.54 Å². The summed E-state index contributed by atoms with van der Waals surface area (Å²) in [6.07, 6.45) is 9.01. The lowest BCUT2D eigenvalue weighted by Gasteiger charge is -2.56. The molecule has 5 aliphatic carbocycles. The van der Waals surface area contributed by atoms with Gasteiger partial charge in [0.05, 0.1) is 5.41 Å². The Hall–Kier alpha value is -1.06. The van der Waals surface area contributed by atoms with Crippen LogP contribution in [0.1, 0.15) is 51.4 Å². The molecule has 0 heterocycles. The minimum atomic E-state index is -0.866. The minimum Gasteiger partial charge on any atom is -0.480 e. The molecule has 0 spiro atoms. The predicted octanol–water partition coefficient (Wildman–Crippen LogP) is 2.28. The number of hydrogen-bond acceptors (Lipinski definition) is 2. The monoisotopic (exact) mass is 277 g/mol. The van der Waals surface area contributed by atoms with Crippen molar-refractivity contribution in [3.63, 3.8) is 0 Å². The van der Waals surface area contributed by atoms with Gasteiger partial charge in [-0.05, 0) is 69.1 Å². The molecule has 0 atom stereocenters. The van der Waals surface area contributed by atoms with E-state index in [1.54, 1.807) is 4.90 Å². The lowest BCUT2D eigenvalue weighted by atomic mass is 9.49. The zero-order chi connectivity index (χ0) is 13.9. The second kappa shape index (κ2) is 4.22. The van der Waals surface area contributed by atoms with E-state index in [1.807, 2.05) is 0 Å². The van der Waals surface area contributed by atoms with Gasteiger partial charge in [0.25, 0.3) is 0 Å². The number of nitrogens with zero attached hydrogens (tertiary/aromatic N) is 1. The minimum absolute atomic E-state index is 0.0920. The molecule has 0 aromatic heterocycles. The fraction of sp³-hybridized carbons (Fsp3) is 0.875. The summed E-state index contributed by atoms with van der Waals surface area (Å²) in [6.45, 7) is -0.0920. The number of rotatable bonds is 4. The zero-order valence-electron chi connectivity index (χ0n) is 11.9. The van der Waals surface area contributed by atoms with Crippen LogP contribution in [-0.4, -0.2) is 34.5 Å². The van der Waals surface area contributed by atoms with Crippen LogP contribution >= 0.6 is 0 Å².